The first-order valence-corrected chi connectivity index (χ1v) is 8.44. The molecule has 122 valence electrons. The zero-order valence-corrected chi connectivity index (χ0v) is 13.4. The molecule has 1 N–H and O–H groups in total. The molecule has 0 saturated carbocycles. The summed E-state index contributed by atoms with van der Waals surface area (Å²) in [5.74, 6) is -0.260. The third-order valence-electron chi connectivity index (χ3n) is 4.73. The number of benzene rings is 2. The van der Waals surface area contributed by atoms with E-state index in [9.17, 15) is 9.50 Å². The predicted molar refractivity (Wildman–Crippen MR) is 90.5 cm³/mol. The first-order chi connectivity index (χ1) is 11.2. The third kappa shape index (κ3) is 4.40. The Hall–Kier alpha value is -1.71. The Balaban J connectivity index is 1.65. The molecule has 2 aromatic carbocycles. The maximum atomic E-state index is 13.0. The zero-order valence-electron chi connectivity index (χ0n) is 13.4. The lowest BCUT2D eigenvalue weighted by Gasteiger charge is -2.37. The number of aliphatic hydroxyl groups excluding tert-OH is 1. The summed E-state index contributed by atoms with van der Waals surface area (Å²) in [5, 5.41) is 10.5. The molecule has 0 aromatic heterocycles. The highest BCUT2D eigenvalue weighted by molar-refractivity contribution is 5.19. The van der Waals surface area contributed by atoms with E-state index >= 15 is 0 Å². The molecule has 0 amide bonds. The average molecular weight is 313 g/mol. The van der Waals surface area contributed by atoms with Crippen LogP contribution in [-0.4, -0.2) is 22.6 Å². The Labute approximate surface area is 137 Å². The van der Waals surface area contributed by atoms with E-state index in [0.29, 0.717) is 12.5 Å². The normalized spacial score (nSPS) is 20.3. The number of nitrogens with zero attached hydrogens (tertiary/aromatic N) is 1. The van der Waals surface area contributed by atoms with Crippen LogP contribution in [0.25, 0.3) is 0 Å². The molecule has 0 radical (unpaired) electrons. The van der Waals surface area contributed by atoms with Gasteiger partial charge in [0, 0.05) is 12.6 Å². The lowest BCUT2D eigenvalue weighted by atomic mass is 9.93. The van der Waals surface area contributed by atoms with Gasteiger partial charge in [-0.1, -0.05) is 48.9 Å². The highest BCUT2D eigenvalue weighted by atomic mass is 19.1. The first-order valence-electron chi connectivity index (χ1n) is 8.44. The van der Waals surface area contributed by atoms with E-state index in [2.05, 4.69) is 29.2 Å². The Bertz CT molecular complexity index is 599. The molecule has 2 atom stereocenters. The maximum Gasteiger partial charge on any atom is 0.123 e. The van der Waals surface area contributed by atoms with Crippen LogP contribution in [0.1, 0.15) is 42.9 Å². The molecule has 23 heavy (non-hydrogen) atoms. The molecule has 0 bridgehead atoms. The molecule has 0 unspecified atom stereocenters. The molecule has 3 heteroatoms. The molecule has 0 spiro atoms. The molecule has 1 fully saturated rings. The lowest BCUT2D eigenvalue weighted by molar-refractivity contribution is 0.0736. The smallest absolute Gasteiger partial charge is 0.123 e. The molecule has 1 aliphatic heterocycles. The predicted octanol–water partition coefficient (Wildman–Crippen LogP) is 4.30. The molecular formula is C20H24FNO. The lowest BCUT2D eigenvalue weighted by Crippen LogP contribution is -2.39. The molecule has 3 rings (SSSR count). The van der Waals surface area contributed by atoms with Crippen molar-refractivity contribution in [3.8, 4) is 0 Å². The van der Waals surface area contributed by atoms with Gasteiger partial charge in [-0.05, 0) is 49.1 Å². The van der Waals surface area contributed by atoms with Gasteiger partial charge in [-0.3, -0.25) is 4.90 Å². The minimum absolute atomic E-state index is 0.260. The van der Waals surface area contributed by atoms with Crippen LogP contribution >= 0.6 is 0 Å². The Morgan fingerprint density at radius 2 is 1.78 bits per heavy atom. The van der Waals surface area contributed by atoms with Gasteiger partial charge in [-0.15, -0.1) is 0 Å². The van der Waals surface area contributed by atoms with Crippen LogP contribution in [0.3, 0.4) is 0 Å². The molecule has 2 aromatic rings. The SMILES string of the molecule is O[C@H](C[C@H]1CCCCN1Cc1ccccc1)c1ccc(F)cc1. The minimum atomic E-state index is -0.531. The summed E-state index contributed by atoms with van der Waals surface area (Å²) in [7, 11) is 0. The first kappa shape index (κ1) is 16.2. The molecule has 0 aliphatic carbocycles. The number of rotatable bonds is 5. The highest BCUT2D eigenvalue weighted by Crippen LogP contribution is 2.28. The molecule has 1 aliphatic rings. The van der Waals surface area contributed by atoms with Crippen molar-refractivity contribution >= 4 is 0 Å². The summed E-state index contributed by atoms with van der Waals surface area (Å²) in [6, 6.07) is 17.1. The van der Waals surface area contributed by atoms with E-state index in [4.69, 9.17) is 0 Å². The van der Waals surface area contributed by atoms with Crippen LogP contribution in [0.15, 0.2) is 54.6 Å². The van der Waals surface area contributed by atoms with E-state index in [0.717, 1.165) is 25.1 Å². The minimum Gasteiger partial charge on any atom is -0.388 e. The molecule has 2 nitrogen and oxygen atoms in total. The van der Waals surface area contributed by atoms with Crippen LogP contribution in [0.5, 0.6) is 0 Å². The molecule has 1 heterocycles. The van der Waals surface area contributed by atoms with Gasteiger partial charge in [-0.25, -0.2) is 4.39 Å². The summed E-state index contributed by atoms with van der Waals surface area (Å²) in [6.07, 6.45) is 3.73. The van der Waals surface area contributed by atoms with Crippen molar-refractivity contribution < 1.29 is 9.50 Å². The van der Waals surface area contributed by atoms with E-state index < -0.39 is 6.10 Å². The van der Waals surface area contributed by atoms with Crippen LogP contribution in [0.4, 0.5) is 4.39 Å². The quantitative estimate of drug-likeness (QED) is 0.889. The Kier molecular flexibility index (Phi) is 5.42. The van der Waals surface area contributed by atoms with Crippen molar-refractivity contribution in [2.24, 2.45) is 0 Å². The van der Waals surface area contributed by atoms with Gasteiger partial charge in [0.1, 0.15) is 5.82 Å². The topological polar surface area (TPSA) is 23.5 Å². The second-order valence-electron chi connectivity index (χ2n) is 6.41. The van der Waals surface area contributed by atoms with E-state index in [1.165, 1.54) is 30.5 Å². The summed E-state index contributed by atoms with van der Waals surface area (Å²) in [5.41, 5.74) is 2.12. The second kappa shape index (κ2) is 7.71. The zero-order chi connectivity index (χ0) is 16.1. The Morgan fingerprint density at radius 3 is 2.52 bits per heavy atom. The maximum absolute atomic E-state index is 13.0. The van der Waals surface area contributed by atoms with Gasteiger partial charge < -0.3 is 5.11 Å². The van der Waals surface area contributed by atoms with Crippen molar-refractivity contribution in [3.05, 3.63) is 71.5 Å². The van der Waals surface area contributed by atoms with Gasteiger partial charge in [0.05, 0.1) is 6.10 Å². The fourth-order valence-electron chi connectivity index (χ4n) is 3.43. The average Bonchev–Trinajstić information content (AvgIpc) is 2.58. The van der Waals surface area contributed by atoms with Gasteiger partial charge >= 0.3 is 0 Å². The number of aliphatic hydroxyl groups is 1. The van der Waals surface area contributed by atoms with Crippen molar-refractivity contribution in [1.29, 1.82) is 0 Å². The van der Waals surface area contributed by atoms with Crippen LogP contribution in [-0.2, 0) is 6.54 Å². The fraction of sp³-hybridized carbons (Fsp3) is 0.400. The van der Waals surface area contributed by atoms with Crippen molar-refractivity contribution in [3.63, 3.8) is 0 Å². The standard InChI is InChI=1S/C20H24FNO/c21-18-11-9-17(10-12-18)20(23)14-19-8-4-5-13-22(19)15-16-6-2-1-3-7-16/h1-3,6-7,9-12,19-20,23H,4-5,8,13-15H2/t19-,20-/m1/s1. The highest BCUT2D eigenvalue weighted by Gasteiger charge is 2.25. The third-order valence-corrected chi connectivity index (χ3v) is 4.73. The van der Waals surface area contributed by atoms with Gasteiger partial charge in [-0.2, -0.15) is 0 Å². The van der Waals surface area contributed by atoms with Gasteiger partial charge in [0.25, 0.3) is 0 Å². The van der Waals surface area contributed by atoms with Crippen molar-refractivity contribution in [1.82, 2.24) is 4.90 Å². The number of hydrogen-bond donors (Lipinski definition) is 1. The fourth-order valence-corrected chi connectivity index (χ4v) is 3.43. The number of likely N-dealkylation sites (tertiary alicyclic amines) is 1. The summed E-state index contributed by atoms with van der Waals surface area (Å²) in [6.45, 7) is 2.01. The molecular weight excluding hydrogens is 289 g/mol. The van der Waals surface area contributed by atoms with Crippen molar-refractivity contribution in [2.45, 2.75) is 44.4 Å². The number of halogens is 1. The monoisotopic (exact) mass is 313 g/mol. The van der Waals surface area contributed by atoms with Crippen LogP contribution in [0, 0.1) is 5.82 Å². The van der Waals surface area contributed by atoms with Crippen LogP contribution < -0.4 is 0 Å². The van der Waals surface area contributed by atoms with Gasteiger partial charge in [0.2, 0.25) is 0 Å². The second-order valence-corrected chi connectivity index (χ2v) is 6.41. The van der Waals surface area contributed by atoms with E-state index in [-0.39, 0.29) is 5.82 Å². The van der Waals surface area contributed by atoms with E-state index in [1.807, 2.05) is 6.07 Å². The molecule has 1 saturated heterocycles. The summed E-state index contributed by atoms with van der Waals surface area (Å²) < 4.78 is 13.0. The van der Waals surface area contributed by atoms with Crippen LogP contribution in [0.2, 0.25) is 0 Å². The summed E-state index contributed by atoms with van der Waals surface area (Å²) in [4.78, 5) is 2.48. The number of piperidine rings is 1. The van der Waals surface area contributed by atoms with Crippen molar-refractivity contribution in [2.75, 3.05) is 6.54 Å². The van der Waals surface area contributed by atoms with E-state index in [1.54, 1.807) is 12.1 Å². The summed E-state index contributed by atoms with van der Waals surface area (Å²) >= 11 is 0. The van der Waals surface area contributed by atoms with Gasteiger partial charge in [0.15, 0.2) is 0 Å². The largest absolute Gasteiger partial charge is 0.388 e. The Morgan fingerprint density at radius 1 is 1.04 bits per heavy atom. The number of hydrogen-bond acceptors (Lipinski definition) is 2.